The van der Waals surface area contributed by atoms with Gasteiger partial charge in [-0.05, 0) is 19.4 Å². The number of rotatable bonds is 5. The molecule has 3 aromatic rings. The zero-order chi connectivity index (χ0) is 16.1. The van der Waals surface area contributed by atoms with Crippen LogP contribution in [0.1, 0.15) is 31.1 Å². The maximum atomic E-state index is 4.65. The van der Waals surface area contributed by atoms with Crippen LogP contribution in [0.3, 0.4) is 0 Å². The van der Waals surface area contributed by atoms with Crippen LogP contribution in [-0.2, 0) is 6.54 Å². The highest BCUT2D eigenvalue weighted by atomic mass is 32.1. The fraction of sp³-hybridized carbons (Fsp3) is 0.294. The average molecular weight is 327 g/mol. The Balaban J connectivity index is 1.68. The van der Waals surface area contributed by atoms with Crippen LogP contribution < -0.4 is 10.6 Å². The number of nitrogens with zero attached hydrogens (tertiary/aromatic N) is 3. The Morgan fingerprint density at radius 3 is 2.91 bits per heavy atom. The molecule has 23 heavy (non-hydrogen) atoms. The van der Waals surface area contributed by atoms with Gasteiger partial charge in [0.05, 0.1) is 18.3 Å². The Bertz CT molecular complexity index is 746. The SMILES string of the molecule is CCNC(=NCc1cn2ccsc2n1)NC(C)c1ccccc1. The van der Waals surface area contributed by atoms with E-state index in [0.717, 1.165) is 23.2 Å². The maximum Gasteiger partial charge on any atom is 0.193 e. The van der Waals surface area contributed by atoms with Gasteiger partial charge in [0, 0.05) is 24.3 Å². The average Bonchev–Trinajstić information content (AvgIpc) is 3.15. The first kappa shape index (κ1) is 15.6. The van der Waals surface area contributed by atoms with Crippen molar-refractivity contribution in [2.75, 3.05) is 6.54 Å². The van der Waals surface area contributed by atoms with E-state index in [1.807, 2.05) is 28.2 Å². The van der Waals surface area contributed by atoms with Crippen LogP contribution in [0.2, 0.25) is 0 Å². The van der Waals surface area contributed by atoms with Crippen molar-refractivity contribution in [3.63, 3.8) is 0 Å². The van der Waals surface area contributed by atoms with E-state index in [1.165, 1.54) is 5.56 Å². The van der Waals surface area contributed by atoms with Gasteiger partial charge < -0.3 is 10.6 Å². The van der Waals surface area contributed by atoms with Gasteiger partial charge in [0.15, 0.2) is 10.9 Å². The van der Waals surface area contributed by atoms with Crippen LogP contribution in [0.25, 0.3) is 4.96 Å². The van der Waals surface area contributed by atoms with Crippen molar-refractivity contribution in [3.05, 3.63) is 59.4 Å². The van der Waals surface area contributed by atoms with E-state index in [1.54, 1.807) is 11.3 Å². The predicted molar refractivity (Wildman–Crippen MR) is 95.9 cm³/mol. The molecule has 0 aliphatic carbocycles. The molecule has 3 rings (SSSR count). The largest absolute Gasteiger partial charge is 0.357 e. The quantitative estimate of drug-likeness (QED) is 0.559. The lowest BCUT2D eigenvalue weighted by Crippen LogP contribution is -2.38. The molecule has 2 N–H and O–H groups in total. The zero-order valence-electron chi connectivity index (χ0n) is 13.4. The molecular formula is C17H21N5S. The van der Waals surface area contributed by atoms with Crippen molar-refractivity contribution >= 4 is 22.3 Å². The topological polar surface area (TPSA) is 53.7 Å². The molecule has 1 aromatic carbocycles. The van der Waals surface area contributed by atoms with Gasteiger partial charge in [-0.2, -0.15) is 0 Å². The lowest BCUT2D eigenvalue weighted by atomic mass is 10.1. The van der Waals surface area contributed by atoms with Gasteiger partial charge in [-0.3, -0.25) is 4.40 Å². The second kappa shape index (κ2) is 7.28. The van der Waals surface area contributed by atoms with Gasteiger partial charge >= 0.3 is 0 Å². The van der Waals surface area contributed by atoms with Gasteiger partial charge in [0.25, 0.3) is 0 Å². The standard InChI is InChI=1S/C17H21N5S/c1-3-18-16(20-13(2)14-7-5-4-6-8-14)19-11-15-12-22-9-10-23-17(22)21-15/h4-10,12-13H,3,11H2,1-2H3,(H2,18,19,20). The molecule has 120 valence electrons. The van der Waals surface area contributed by atoms with E-state index in [0.29, 0.717) is 6.54 Å². The summed E-state index contributed by atoms with van der Waals surface area (Å²) in [6, 6.07) is 10.6. The van der Waals surface area contributed by atoms with E-state index in [9.17, 15) is 0 Å². The van der Waals surface area contributed by atoms with Gasteiger partial charge in [0.1, 0.15) is 0 Å². The summed E-state index contributed by atoms with van der Waals surface area (Å²) in [4.78, 5) is 10.2. The summed E-state index contributed by atoms with van der Waals surface area (Å²) in [5, 5.41) is 8.76. The Hall–Kier alpha value is -2.34. The molecule has 0 aliphatic heterocycles. The third kappa shape index (κ3) is 3.90. The molecule has 0 radical (unpaired) electrons. The summed E-state index contributed by atoms with van der Waals surface area (Å²) >= 11 is 1.63. The molecule has 1 unspecified atom stereocenters. The minimum absolute atomic E-state index is 0.194. The molecule has 0 aliphatic rings. The first-order chi connectivity index (χ1) is 11.3. The molecule has 5 nitrogen and oxygen atoms in total. The molecule has 2 heterocycles. The third-order valence-corrected chi connectivity index (χ3v) is 4.31. The first-order valence-corrected chi connectivity index (χ1v) is 8.65. The number of fused-ring (bicyclic) bond motifs is 1. The van der Waals surface area contributed by atoms with E-state index in [4.69, 9.17) is 0 Å². The molecule has 0 amide bonds. The van der Waals surface area contributed by atoms with Crippen LogP contribution in [0.15, 0.2) is 53.1 Å². The van der Waals surface area contributed by atoms with Crippen molar-refractivity contribution < 1.29 is 0 Å². The molecule has 0 fully saturated rings. The smallest absolute Gasteiger partial charge is 0.193 e. The molecule has 0 spiro atoms. The van der Waals surface area contributed by atoms with Gasteiger partial charge in [0.2, 0.25) is 0 Å². The Labute approximate surface area is 140 Å². The highest BCUT2D eigenvalue weighted by Crippen LogP contribution is 2.13. The fourth-order valence-electron chi connectivity index (χ4n) is 2.36. The summed E-state index contributed by atoms with van der Waals surface area (Å²) < 4.78 is 2.03. The summed E-state index contributed by atoms with van der Waals surface area (Å²) in [6.07, 6.45) is 4.04. The normalized spacial score (nSPS) is 13.2. The number of aromatic nitrogens is 2. The number of imidazole rings is 1. The second-order valence-electron chi connectivity index (χ2n) is 5.30. The van der Waals surface area contributed by atoms with Crippen molar-refractivity contribution in [3.8, 4) is 0 Å². The second-order valence-corrected chi connectivity index (χ2v) is 6.17. The fourth-order valence-corrected chi connectivity index (χ4v) is 3.08. The van der Waals surface area contributed by atoms with Crippen molar-refractivity contribution in [1.29, 1.82) is 0 Å². The van der Waals surface area contributed by atoms with Gasteiger partial charge in [-0.15, -0.1) is 11.3 Å². The van der Waals surface area contributed by atoms with E-state index >= 15 is 0 Å². The molecule has 1 atom stereocenters. The minimum atomic E-state index is 0.194. The first-order valence-electron chi connectivity index (χ1n) is 7.77. The van der Waals surface area contributed by atoms with Gasteiger partial charge in [-0.1, -0.05) is 30.3 Å². The lowest BCUT2D eigenvalue weighted by molar-refractivity contribution is 0.686. The van der Waals surface area contributed by atoms with E-state index in [-0.39, 0.29) is 6.04 Å². The Kier molecular flexibility index (Phi) is 4.92. The number of nitrogens with one attached hydrogen (secondary N) is 2. The number of thiazole rings is 1. The third-order valence-electron chi connectivity index (χ3n) is 3.54. The Morgan fingerprint density at radius 2 is 2.17 bits per heavy atom. The number of hydrogen-bond acceptors (Lipinski definition) is 3. The van der Waals surface area contributed by atoms with Crippen LogP contribution in [0.5, 0.6) is 0 Å². The molecule has 0 saturated carbocycles. The van der Waals surface area contributed by atoms with Crippen molar-refractivity contribution in [1.82, 2.24) is 20.0 Å². The van der Waals surface area contributed by atoms with Crippen molar-refractivity contribution in [2.45, 2.75) is 26.4 Å². The number of aliphatic imine (C=N–C) groups is 1. The molecular weight excluding hydrogens is 306 g/mol. The molecule has 0 saturated heterocycles. The number of guanidine groups is 1. The molecule has 2 aromatic heterocycles. The van der Waals surface area contributed by atoms with Crippen LogP contribution in [0.4, 0.5) is 0 Å². The highest BCUT2D eigenvalue weighted by molar-refractivity contribution is 7.15. The maximum absolute atomic E-state index is 4.65. The predicted octanol–water partition coefficient (Wildman–Crippen LogP) is 3.21. The van der Waals surface area contributed by atoms with E-state index in [2.05, 4.69) is 58.7 Å². The van der Waals surface area contributed by atoms with Crippen LogP contribution in [0, 0.1) is 0 Å². The number of benzene rings is 1. The van der Waals surface area contributed by atoms with Crippen LogP contribution >= 0.6 is 11.3 Å². The molecule has 6 heteroatoms. The van der Waals surface area contributed by atoms with Gasteiger partial charge in [-0.25, -0.2) is 9.98 Å². The summed E-state index contributed by atoms with van der Waals surface area (Å²) in [5.74, 6) is 0.806. The van der Waals surface area contributed by atoms with Crippen LogP contribution in [-0.4, -0.2) is 21.9 Å². The summed E-state index contributed by atoms with van der Waals surface area (Å²) in [7, 11) is 0. The molecule has 0 bridgehead atoms. The summed E-state index contributed by atoms with van der Waals surface area (Å²) in [5.41, 5.74) is 2.21. The zero-order valence-corrected chi connectivity index (χ0v) is 14.2. The monoisotopic (exact) mass is 327 g/mol. The Morgan fingerprint density at radius 1 is 1.35 bits per heavy atom. The summed E-state index contributed by atoms with van der Waals surface area (Å²) in [6.45, 7) is 5.59. The minimum Gasteiger partial charge on any atom is -0.357 e. The van der Waals surface area contributed by atoms with E-state index < -0.39 is 0 Å². The van der Waals surface area contributed by atoms with Crippen molar-refractivity contribution in [2.24, 2.45) is 4.99 Å². The highest BCUT2D eigenvalue weighted by Gasteiger charge is 2.08. The number of hydrogen-bond donors (Lipinski definition) is 2. The lowest BCUT2D eigenvalue weighted by Gasteiger charge is -2.18.